The van der Waals surface area contributed by atoms with Crippen LogP contribution in [0.15, 0.2) is 14.7 Å². The minimum absolute atomic E-state index is 0.340. The van der Waals surface area contributed by atoms with Crippen molar-refractivity contribution in [3.63, 3.8) is 0 Å². The summed E-state index contributed by atoms with van der Waals surface area (Å²) in [5, 5.41) is 1.25. The number of aryl methyl sites for hydroxylation is 2. The zero-order chi connectivity index (χ0) is 18.4. The van der Waals surface area contributed by atoms with Crippen molar-refractivity contribution in [3.05, 3.63) is 20.8 Å². The number of fused-ring (bicyclic) bond motifs is 1. The quantitative estimate of drug-likeness (QED) is 0.514. The van der Waals surface area contributed by atoms with E-state index in [0.29, 0.717) is 16.4 Å². The number of aromatic amines is 1. The number of thioether (sulfide) groups is 1. The van der Waals surface area contributed by atoms with Gasteiger partial charge in [-0.1, -0.05) is 64.6 Å². The van der Waals surface area contributed by atoms with Crippen molar-refractivity contribution >= 4 is 22.9 Å². The number of H-pyrrole nitrogens is 1. The highest BCUT2D eigenvalue weighted by atomic mass is 32.2. The molecule has 0 spiro atoms. The standard InChI is InChI=1S/C18H30N4O2S/c1-5-7-8-9-10-11-12-22-14-15(19-18(22)25-13(3)6-2)21(4)17(24)20-16(14)23/h13H,5-12H2,1-4H3,(H,20,23,24)/t13-/m1/s1. The van der Waals surface area contributed by atoms with Gasteiger partial charge >= 0.3 is 5.69 Å². The molecule has 6 nitrogen and oxygen atoms in total. The molecule has 1 atom stereocenters. The molecule has 2 aromatic rings. The van der Waals surface area contributed by atoms with E-state index < -0.39 is 5.69 Å². The molecule has 0 aliphatic carbocycles. The number of imidazole rings is 1. The minimum atomic E-state index is -0.415. The van der Waals surface area contributed by atoms with Gasteiger partial charge in [0.25, 0.3) is 5.56 Å². The van der Waals surface area contributed by atoms with Gasteiger partial charge in [-0.3, -0.25) is 14.3 Å². The number of hydrogen-bond acceptors (Lipinski definition) is 4. The van der Waals surface area contributed by atoms with Crippen LogP contribution >= 0.6 is 11.8 Å². The van der Waals surface area contributed by atoms with Gasteiger partial charge in [-0.05, 0) is 12.8 Å². The van der Waals surface area contributed by atoms with Crippen LogP contribution in [0.2, 0.25) is 0 Å². The molecular weight excluding hydrogens is 336 g/mol. The van der Waals surface area contributed by atoms with Crippen LogP contribution in [-0.2, 0) is 13.6 Å². The third-order valence-electron chi connectivity index (χ3n) is 4.59. The number of nitrogens with zero attached hydrogens (tertiary/aromatic N) is 3. The van der Waals surface area contributed by atoms with Crippen LogP contribution in [0.3, 0.4) is 0 Å². The Kier molecular flexibility index (Phi) is 7.35. The van der Waals surface area contributed by atoms with Crippen LogP contribution in [0.1, 0.15) is 65.7 Å². The fourth-order valence-electron chi connectivity index (χ4n) is 2.83. The van der Waals surface area contributed by atoms with Crippen molar-refractivity contribution in [2.45, 2.75) is 82.7 Å². The van der Waals surface area contributed by atoms with Crippen LogP contribution in [0.25, 0.3) is 11.2 Å². The predicted octanol–water partition coefficient (Wildman–Crippen LogP) is 3.67. The maximum atomic E-state index is 12.4. The van der Waals surface area contributed by atoms with E-state index in [1.54, 1.807) is 18.8 Å². The molecule has 0 unspecified atom stereocenters. The Morgan fingerprint density at radius 2 is 1.80 bits per heavy atom. The molecule has 0 saturated carbocycles. The molecular formula is C18H30N4O2S. The molecule has 0 bridgehead atoms. The second kappa shape index (κ2) is 9.27. The number of hydrogen-bond donors (Lipinski definition) is 1. The molecule has 0 aliphatic rings. The Morgan fingerprint density at radius 3 is 2.48 bits per heavy atom. The Morgan fingerprint density at radius 1 is 1.12 bits per heavy atom. The number of rotatable bonds is 10. The van der Waals surface area contributed by atoms with E-state index in [4.69, 9.17) is 0 Å². The maximum Gasteiger partial charge on any atom is 0.329 e. The molecule has 0 aromatic carbocycles. The van der Waals surface area contributed by atoms with Crippen molar-refractivity contribution < 1.29 is 0 Å². The van der Waals surface area contributed by atoms with Gasteiger partial charge in [-0.2, -0.15) is 0 Å². The van der Waals surface area contributed by atoms with Gasteiger partial charge in [-0.15, -0.1) is 0 Å². The fraction of sp³-hybridized carbons (Fsp3) is 0.722. The first-order valence-electron chi connectivity index (χ1n) is 9.35. The van der Waals surface area contributed by atoms with Crippen LogP contribution < -0.4 is 11.2 Å². The van der Waals surface area contributed by atoms with E-state index in [0.717, 1.165) is 31.0 Å². The second-order valence-electron chi connectivity index (χ2n) is 6.64. The van der Waals surface area contributed by atoms with Crippen molar-refractivity contribution in [3.8, 4) is 0 Å². The van der Waals surface area contributed by atoms with Gasteiger partial charge in [0.1, 0.15) is 0 Å². The van der Waals surface area contributed by atoms with Crippen LogP contribution in [0.5, 0.6) is 0 Å². The molecule has 0 radical (unpaired) electrons. The number of nitrogens with one attached hydrogen (secondary N) is 1. The van der Waals surface area contributed by atoms with Crippen LogP contribution in [0.4, 0.5) is 0 Å². The average molecular weight is 367 g/mol. The third kappa shape index (κ3) is 4.77. The fourth-order valence-corrected chi connectivity index (χ4v) is 3.80. The SMILES string of the molecule is CCCCCCCCn1c(S[C@H](C)CC)nc2c1c(=O)[nH]c(=O)n2C. The summed E-state index contributed by atoms with van der Waals surface area (Å²) in [5.41, 5.74) is 0.237. The highest BCUT2D eigenvalue weighted by Gasteiger charge is 2.18. The molecule has 2 rings (SSSR count). The zero-order valence-electron chi connectivity index (χ0n) is 15.8. The first-order chi connectivity index (χ1) is 12.0. The Bertz CT molecular complexity index is 806. The summed E-state index contributed by atoms with van der Waals surface area (Å²) in [7, 11) is 1.65. The largest absolute Gasteiger partial charge is 0.329 e. The summed E-state index contributed by atoms with van der Waals surface area (Å²) in [6, 6.07) is 0. The van der Waals surface area contributed by atoms with E-state index in [1.807, 2.05) is 4.57 Å². The van der Waals surface area contributed by atoms with E-state index in [1.165, 1.54) is 30.3 Å². The molecule has 2 heterocycles. The molecule has 0 amide bonds. The maximum absolute atomic E-state index is 12.4. The number of unbranched alkanes of at least 4 members (excludes halogenated alkanes) is 5. The summed E-state index contributed by atoms with van der Waals surface area (Å²) in [6.07, 6.45) is 8.21. The average Bonchev–Trinajstić information content (AvgIpc) is 2.94. The number of aromatic nitrogens is 4. The van der Waals surface area contributed by atoms with Gasteiger partial charge in [-0.25, -0.2) is 9.78 Å². The Labute approximate surface area is 153 Å². The lowest BCUT2D eigenvalue weighted by atomic mass is 10.1. The van der Waals surface area contributed by atoms with Crippen molar-refractivity contribution in [1.29, 1.82) is 0 Å². The van der Waals surface area contributed by atoms with Gasteiger partial charge in [0.2, 0.25) is 0 Å². The lowest BCUT2D eigenvalue weighted by Gasteiger charge is -2.11. The topological polar surface area (TPSA) is 72.7 Å². The highest BCUT2D eigenvalue weighted by Crippen LogP contribution is 2.27. The van der Waals surface area contributed by atoms with Crippen molar-refractivity contribution in [2.75, 3.05) is 0 Å². The predicted molar refractivity (Wildman–Crippen MR) is 105 cm³/mol. The Hall–Kier alpha value is -1.50. The summed E-state index contributed by atoms with van der Waals surface area (Å²) >= 11 is 1.67. The second-order valence-corrected chi connectivity index (χ2v) is 8.05. The molecule has 7 heteroatoms. The molecule has 0 aliphatic heterocycles. The zero-order valence-corrected chi connectivity index (χ0v) is 16.6. The van der Waals surface area contributed by atoms with Gasteiger partial charge in [0.05, 0.1) is 0 Å². The van der Waals surface area contributed by atoms with E-state index in [2.05, 4.69) is 30.7 Å². The van der Waals surface area contributed by atoms with E-state index in [9.17, 15) is 9.59 Å². The summed E-state index contributed by atoms with van der Waals surface area (Å²) in [5.74, 6) is 0. The first kappa shape index (κ1) is 19.8. The molecule has 0 saturated heterocycles. The molecule has 25 heavy (non-hydrogen) atoms. The third-order valence-corrected chi connectivity index (χ3v) is 5.85. The van der Waals surface area contributed by atoms with Gasteiger partial charge < -0.3 is 4.57 Å². The molecule has 0 fully saturated rings. The van der Waals surface area contributed by atoms with E-state index in [-0.39, 0.29) is 5.56 Å². The van der Waals surface area contributed by atoms with Crippen LogP contribution in [-0.4, -0.2) is 24.4 Å². The molecule has 1 N–H and O–H groups in total. The summed E-state index contributed by atoms with van der Waals surface area (Å²) in [6.45, 7) is 7.28. The normalized spacial score (nSPS) is 12.8. The minimum Gasteiger partial charge on any atom is -0.313 e. The summed E-state index contributed by atoms with van der Waals surface area (Å²) < 4.78 is 3.43. The van der Waals surface area contributed by atoms with Crippen LogP contribution in [0, 0.1) is 0 Å². The van der Waals surface area contributed by atoms with E-state index >= 15 is 0 Å². The summed E-state index contributed by atoms with van der Waals surface area (Å²) in [4.78, 5) is 31.3. The molecule has 140 valence electrons. The monoisotopic (exact) mass is 366 g/mol. The lowest BCUT2D eigenvalue weighted by Crippen LogP contribution is -2.29. The van der Waals surface area contributed by atoms with Crippen molar-refractivity contribution in [1.82, 2.24) is 19.1 Å². The van der Waals surface area contributed by atoms with Gasteiger partial charge in [0.15, 0.2) is 16.3 Å². The van der Waals surface area contributed by atoms with Gasteiger partial charge in [0, 0.05) is 18.8 Å². The molecule has 2 aromatic heterocycles. The smallest absolute Gasteiger partial charge is 0.313 e. The highest BCUT2D eigenvalue weighted by molar-refractivity contribution is 7.99. The first-order valence-corrected chi connectivity index (χ1v) is 10.2. The lowest BCUT2D eigenvalue weighted by molar-refractivity contribution is 0.543. The van der Waals surface area contributed by atoms with Crippen molar-refractivity contribution in [2.24, 2.45) is 7.05 Å². The Balaban J connectivity index is 2.30.